The zero-order valence-electron chi connectivity index (χ0n) is 14.6. The van der Waals surface area contributed by atoms with Crippen LogP contribution < -0.4 is 5.73 Å². The standard InChI is InChI=1S/C19H24N2O2S/c1-5-19(3,4)14-9-7-13(8-10-14)17-21-12-15(24-17)11-16(20)18(22)23-6-2/h7-12H,5-6,20H2,1-4H3/b16-11-. The summed E-state index contributed by atoms with van der Waals surface area (Å²) >= 11 is 1.49. The van der Waals surface area contributed by atoms with Crippen molar-refractivity contribution in [1.82, 2.24) is 4.98 Å². The minimum atomic E-state index is -0.501. The fourth-order valence-corrected chi connectivity index (χ4v) is 3.06. The van der Waals surface area contributed by atoms with Crippen molar-refractivity contribution in [3.63, 3.8) is 0 Å². The van der Waals surface area contributed by atoms with Crippen LogP contribution in [0.1, 0.15) is 44.6 Å². The second-order valence-electron chi connectivity index (χ2n) is 6.20. The Hall–Kier alpha value is -2.14. The molecule has 128 valence electrons. The predicted molar refractivity (Wildman–Crippen MR) is 99.7 cm³/mol. The summed E-state index contributed by atoms with van der Waals surface area (Å²) in [5.74, 6) is -0.501. The minimum Gasteiger partial charge on any atom is -0.461 e. The van der Waals surface area contributed by atoms with Crippen molar-refractivity contribution in [3.05, 3.63) is 46.6 Å². The number of nitrogens with two attached hydrogens (primary N) is 1. The van der Waals surface area contributed by atoms with Crippen LogP contribution in [0.3, 0.4) is 0 Å². The highest BCUT2D eigenvalue weighted by Crippen LogP contribution is 2.31. The van der Waals surface area contributed by atoms with E-state index in [-0.39, 0.29) is 11.1 Å². The van der Waals surface area contributed by atoms with Crippen LogP contribution in [0.4, 0.5) is 0 Å². The van der Waals surface area contributed by atoms with Gasteiger partial charge in [-0.2, -0.15) is 0 Å². The third-order valence-electron chi connectivity index (χ3n) is 4.13. The maximum atomic E-state index is 11.6. The Morgan fingerprint density at radius 1 is 1.29 bits per heavy atom. The fraction of sp³-hybridized carbons (Fsp3) is 0.368. The number of rotatable bonds is 6. The van der Waals surface area contributed by atoms with Gasteiger partial charge in [0.15, 0.2) is 0 Å². The molecule has 0 bridgehead atoms. The zero-order chi connectivity index (χ0) is 17.7. The lowest BCUT2D eigenvalue weighted by molar-refractivity contribution is -0.138. The molecule has 0 aliphatic heterocycles. The average Bonchev–Trinajstić information content (AvgIpc) is 3.03. The molecular formula is C19H24N2O2S. The Morgan fingerprint density at radius 2 is 1.96 bits per heavy atom. The molecule has 0 radical (unpaired) electrons. The van der Waals surface area contributed by atoms with Crippen LogP contribution in [0.2, 0.25) is 0 Å². The van der Waals surface area contributed by atoms with E-state index in [2.05, 4.69) is 50.0 Å². The monoisotopic (exact) mass is 344 g/mol. The highest BCUT2D eigenvalue weighted by atomic mass is 32.1. The number of benzene rings is 1. The molecule has 0 aliphatic rings. The van der Waals surface area contributed by atoms with Gasteiger partial charge in [0.1, 0.15) is 10.7 Å². The van der Waals surface area contributed by atoms with Crippen molar-refractivity contribution in [3.8, 4) is 10.6 Å². The van der Waals surface area contributed by atoms with Gasteiger partial charge in [-0.15, -0.1) is 11.3 Å². The largest absolute Gasteiger partial charge is 0.461 e. The van der Waals surface area contributed by atoms with Gasteiger partial charge in [-0.1, -0.05) is 45.0 Å². The molecule has 24 heavy (non-hydrogen) atoms. The summed E-state index contributed by atoms with van der Waals surface area (Å²) in [5.41, 5.74) is 8.37. The van der Waals surface area contributed by atoms with Gasteiger partial charge in [-0.25, -0.2) is 9.78 Å². The van der Waals surface area contributed by atoms with E-state index >= 15 is 0 Å². The van der Waals surface area contributed by atoms with Crippen molar-refractivity contribution in [1.29, 1.82) is 0 Å². The number of carbonyl (C=O) groups excluding carboxylic acids is 1. The topological polar surface area (TPSA) is 65.2 Å². The van der Waals surface area contributed by atoms with Crippen molar-refractivity contribution < 1.29 is 9.53 Å². The predicted octanol–water partition coefficient (Wildman–Crippen LogP) is 4.36. The maximum Gasteiger partial charge on any atom is 0.354 e. The van der Waals surface area contributed by atoms with E-state index < -0.39 is 5.97 Å². The molecule has 0 amide bonds. The van der Waals surface area contributed by atoms with Crippen LogP contribution in [0.15, 0.2) is 36.2 Å². The van der Waals surface area contributed by atoms with Crippen LogP contribution in [0.5, 0.6) is 0 Å². The second-order valence-corrected chi connectivity index (χ2v) is 7.26. The third kappa shape index (κ3) is 4.23. The number of esters is 1. The number of hydrogen-bond donors (Lipinski definition) is 1. The van der Waals surface area contributed by atoms with E-state index in [1.165, 1.54) is 16.9 Å². The normalized spacial score (nSPS) is 12.2. The van der Waals surface area contributed by atoms with Gasteiger partial charge >= 0.3 is 5.97 Å². The van der Waals surface area contributed by atoms with Gasteiger partial charge in [0.2, 0.25) is 0 Å². The van der Waals surface area contributed by atoms with Crippen molar-refractivity contribution in [2.45, 2.75) is 39.5 Å². The zero-order valence-corrected chi connectivity index (χ0v) is 15.4. The summed E-state index contributed by atoms with van der Waals surface area (Å²) in [6.45, 7) is 8.74. The van der Waals surface area contributed by atoms with Crippen molar-refractivity contribution in [2.75, 3.05) is 6.61 Å². The molecule has 2 aromatic rings. The molecule has 1 aromatic heterocycles. The van der Waals surface area contributed by atoms with Gasteiger partial charge in [0.25, 0.3) is 0 Å². The van der Waals surface area contributed by atoms with Crippen LogP contribution in [-0.2, 0) is 14.9 Å². The third-order valence-corrected chi connectivity index (χ3v) is 5.12. The molecule has 0 atom stereocenters. The summed E-state index contributed by atoms with van der Waals surface area (Å²) in [6.07, 6.45) is 4.41. The summed E-state index contributed by atoms with van der Waals surface area (Å²) < 4.78 is 4.87. The first-order valence-corrected chi connectivity index (χ1v) is 8.90. The summed E-state index contributed by atoms with van der Waals surface area (Å²) in [4.78, 5) is 16.8. The molecule has 0 fully saturated rings. The first-order valence-electron chi connectivity index (χ1n) is 8.08. The Balaban J connectivity index is 2.19. The molecule has 0 aliphatic carbocycles. The second kappa shape index (κ2) is 7.62. The lowest BCUT2D eigenvalue weighted by Gasteiger charge is -2.23. The average molecular weight is 344 g/mol. The Bertz CT molecular complexity index is 730. The molecule has 1 aromatic carbocycles. The maximum absolute atomic E-state index is 11.6. The van der Waals surface area contributed by atoms with Crippen LogP contribution in [0.25, 0.3) is 16.6 Å². The number of thiazole rings is 1. The molecule has 2 rings (SSSR count). The number of carbonyl (C=O) groups is 1. The quantitative estimate of drug-likeness (QED) is 0.624. The molecule has 1 heterocycles. The van der Waals surface area contributed by atoms with E-state index in [0.717, 1.165) is 21.9 Å². The van der Waals surface area contributed by atoms with Gasteiger partial charge < -0.3 is 10.5 Å². The summed E-state index contributed by atoms with van der Waals surface area (Å²) in [7, 11) is 0. The molecule has 4 nitrogen and oxygen atoms in total. The van der Waals surface area contributed by atoms with E-state index in [9.17, 15) is 4.79 Å². The van der Waals surface area contributed by atoms with E-state index in [0.29, 0.717) is 6.61 Å². The Kier molecular flexibility index (Phi) is 5.78. The van der Waals surface area contributed by atoms with Gasteiger partial charge in [-0.3, -0.25) is 0 Å². The van der Waals surface area contributed by atoms with Crippen LogP contribution >= 0.6 is 11.3 Å². The van der Waals surface area contributed by atoms with E-state index in [1.807, 2.05) is 0 Å². The minimum absolute atomic E-state index is 0.0899. The molecular weight excluding hydrogens is 320 g/mol. The SMILES string of the molecule is CCOC(=O)/C(N)=C/c1cnc(-c2ccc(C(C)(C)CC)cc2)s1. The van der Waals surface area contributed by atoms with Gasteiger partial charge in [0.05, 0.1) is 6.61 Å². The highest BCUT2D eigenvalue weighted by Gasteiger charge is 2.18. The highest BCUT2D eigenvalue weighted by molar-refractivity contribution is 7.15. The smallest absolute Gasteiger partial charge is 0.354 e. The molecule has 5 heteroatoms. The van der Waals surface area contributed by atoms with Gasteiger partial charge in [-0.05, 0) is 30.4 Å². The van der Waals surface area contributed by atoms with Crippen LogP contribution in [0, 0.1) is 0 Å². The first-order chi connectivity index (χ1) is 11.4. The van der Waals surface area contributed by atoms with E-state index in [4.69, 9.17) is 10.5 Å². The first kappa shape index (κ1) is 18.2. The molecule has 0 unspecified atom stereocenters. The number of ether oxygens (including phenoxy) is 1. The summed E-state index contributed by atoms with van der Waals surface area (Å²) in [5, 5.41) is 0.902. The Morgan fingerprint density at radius 3 is 2.54 bits per heavy atom. The number of hydrogen-bond acceptors (Lipinski definition) is 5. The Labute approximate surface area is 147 Å². The molecule has 2 N–H and O–H groups in total. The molecule has 0 spiro atoms. The fourth-order valence-electron chi connectivity index (χ4n) is 2.18. The van der Waals surface area contributed by atoms with Crippen molar-refractivity contribution >= 4 is 23.4 Å². The number of nitrogens with zero attached hydrogens (tertiary/aromatic N) is 1. The van der Waals surface area contributed by atoms with Crippen LogP contribution in [-0.4, -0.2) is 17.6 Å². The van der Waals surface area contributed by atoms with Crippen molar-refractivity contribution in [2.24, 2.45) is 5.73 Å². The lowest BCUT2D eigenvalue weighted by atomic mass is 9.82. The molecule has 0 saturated heterocycles. The van der Waals surface area contributed by atoms with E-state index in [1.54, 1.807) is 19.2 Å². The number of aromatic nitrogens is 1. The lowest BCUT2D eigenvalue weighted by Crippen LogP contribution is -2.14. The summed E-state index contributed by atoms with van der Waals surface area (Å²) in [6, 6.07) is 8.49. The molecule has 0 saturated carbocycles. The van der Waals surface area contributed by atoms with Gasteiger partial charge in [0, 0.05) is 16.6 Å².